The maximum Gasteiger partial charge on any atom is 0.339 e. The van der Waals surface area contributed by atoms with Crippen LogP contribution in [-0.4, -0.2) is 11.1 Å². The molecule has 2 aromatic rings. The molecule has 0 atom stereocenters. The van der Waals surface area contributed by atoms with Crippen molar-refractivity contribution in [2.24, 2.45) is 0 Å². The Morgan fingerprint density at radius 1 is 1.38 bits per heavy atom. The van der Waals surface area contributed by atoms with E-state index in [2.05, 4.69) is 0 Å². The monoisotopic (exact) mass is 305 g/mol. The number of carboxylic acids is 1. The Labute approximate surface area is 125 Å². The Morgan fingerprint density at radius 3 is 2.81 bits per heavy atom. The zero-order valence-corrected chi connectivity index (χ0v) is 11.4. The van der Waals surface area contributed by atoms with E-state index < -0.39 is 11.8 Å². The second-order valence-corrected chi connectivity index (χ2v) is 4.56. The third-order valence-electron chi connectivity index (χ3n) is 2.75. The normalized spacial score (nSPS) is 9.95. The molecule has 0 heterocycles. The first kappa shape index (κ1) is 14.8. The summed E-state index contributed by atoms with van der Waals surface area (Å²) in [6.45, 7) is -0.191. The SMILES string of the molecule is N#Cc1cccc(COc2ccc(Cl)cc2C(=O)O)c1F. The molecule has 0 aliphatic rings. The van der Waals surface area contributed by atoms with Crippen molar-refractivity contribution in [3.63, 3.8) is 0 Å². The average molecular weight is 306 g/mol. The van der Waals surface area contributed by atoms with Crippen molar-refractivity contribution in [2.45, 2.75) is 6.61 Å². The minimum Gasteiger partial charge on any atom is -0.488 e. The molecule has 0 aliphatic heterocycles. The van der Waals surface area contributed by atoms with E-state index in [1.165, 1.54) is 36.4 Å². The van der Waals surface area contributed by atoms with Gasteiger partial charge in [0.2, 0.25) is 0 Å². The van der Waals surface area contributed by atoms with Crippen molar-refractivity contribution in [3.8, 4) is 11.8 Å². The lowest BCUT2D eigenvalue weighted by molar-refractivity contribution is 0.0691. The highest BCUT2D eigenvalue weighted by atomic mass is 35.5. The third kappa shape index (κ3) is 3.30. The lowest BCUT2D eigenvalue weighted by Crippen LogP contribution is -2.05. The van der Waals surface area contributed by atoms with Crippen LogP contribution in [0.15, 0.2) is 36.4 Å². The number of benzene rings is 2. The number of carbonyl (C=O) groups is 1. The first-order chi connectivity index (χ1) is 10.0. The molecule has 0 spiro atoms. The summed E-state index contributed by atoms with van der Waals surface area (Å²) >= 11 is 5.73. The van der Waals surface area contributed by atoms with E-state index in [4.69, 9.17) is 26.7 Å². The topological polar surface area (TPSA) is 70.3 Å². The van der Waals surface area contributed by atoms with Crippen LogP contribution in [0.25, 0.3) is 0 Å². The van der Waals surface area contributed by atoms with Crippen molar-refractivity contribution < 1.29 is 19.0 Å². The number of rotatable bonds is 4. The number of halogens is 2. The van der Waals surface area contributed by atoms with Gasteiger partial charge < -0.3 is 9.84 Å². The lowest BCUT2D eigenvalue weighted by Gasteiger charge is -2.10. The molecule has 1 N–H and O–H groups in total. The highest BCUT2D eigenvalue weighted by Crippen LogP contribution is 2.24. The molecule has 0 fully saturated rings. The summed E-state index contributed by atoms with van der Waals surface area (Å²) in [6.07, 6.45) is 0. The minimum absolute atomic E-state index is 0.0775. The van der Waals surface area contributed by atoms with Gasteiger partial charge in [-0.25, -0.2) is 9.18 Å². The number of carboxylic acid groups (broad SMARTS) is 1. The second kappa shape index (κ2) is 6.25. The fourth-order valence-corrected chi connectivity index (χ4v) is 1.90. The van der Waals surface area contributed by atoms with Gasteiger partial charge in [-0.1, -0.05) is 23.7 Å². The van der Waals surface area contributed by atoms with Crippen molar-refractivity contribution in [1.82, 2.24) is 0 Å². The molecule has 21 heavy (non-hydrogen) atoms. The standard InChI is InChI=1S/C15H9ClFNO3/c16-11-4-5-13(12(6-11)15(19)20)21-8-10-3-1-2-9(7-18)14(10)17/h1-6H,8H2,(H,19,20). The van der Waals surface area contributed by atoms with Gasteiger partial charge in [-0.05, 0) is 24.3 Å². The maximum atomic E-state index is 13.9. The van der Waals surface area contributed by atoms with Crippen LogP contribution in [0.3, 0.4) is 0 Å². The summed E-state index contributed by atoms with van der Waals surface area (Å²) in [6, 6.07) is 10.2. The Kier molecular flexibility index (Phi) is 4.41. The highest BCUT2D eigenvalue weighted by Gasteiger charge is 2.14. The molecule has 106 valence electrons. The molecule has 0 saturated carbocycles. The fourth-order valence-electron chi connectivity index (χ4n) is 1.73. The molecule has 2 rings (SSSR count). The molecular formula is C15H9ClFNO3. The highest BCUT2D eigenvalue weighted by molar-refractivity contribution is 6.31. The number of nitriles is 1. The van der Waals surface area contributed by atoms with Crippen LogP contribution in [0.5, 0.6) is 5.75 Å². The van der Waals surface area contributed by atoms with E-state index in [1.54, 1.807) is 6.07 Å². The van der Waals surface area contributed by atoms with E-state index >= 15 is 0 Å². The van der Waals surface area contributed by atoms with Crippen molar-refractivity contribution in [2.75, 3.05) is 0 Å². The van der Waals surface area contributed by atoms with E-state index in [9.17, 15) is 9.18 Å². The van der Waals surface area contributed by atoms with Gasteiger partial charge in [0.1, 0.15) is 29.8 Å². The van der Waals surface area contributed by atoms with Gasteiger partial charge >= 0.3 is 5.97 Å². The van der Waals surface area contributed by atoms with Crippen LogP contribution in [0.2, 0.25) is 5.02 Å². The number of aromatic carboxylic acids is 1. The number of hydrogen-bond acceptors (Lipinski definition) is 3. The summed E-state index contributed by atoms with van der Waals surface area (Å²) in [5.74, 6) is -1.79. The fraction of sp³-hybridized carbons (Fsp3) is 0.0667. The second-order valence-electron chi connectivity index (χ2n) is 4.12. The Hall–Kier alpha value is -2.58. The van der Waals surface area contributed by atoms with Crippen LogP contribution < -0.4 is 4.74 Å². The van der Waals surface area contributed by atoms with Crippen LogP contribution in [0, 0.1) is 17.1 Å². The Morgan fingerprint density at radius 2 is 2.14 bits per heavy atom. The number of hydrogen-bond donors (Lipinski definition) is 1. The molecule has 0 amide bonds. The molecular weight excluding hydrogens is 297 g/mol. The Balaban J connectivity index is 2.25. The molecule has 0 unspecified atom stereocenters. The molecule has 0 aromatic heterocycles. The molecule has 0 radical (unpaired) electrons. The maximum absolute atomic E-state index is 13.9. The molecule has 0 bridgehead atoms. The summed E-state index contributed by atoms with van der Waals surface area (Å²) in [5.41, 5.74) is -0.0367. The van der Waals surface area contributed by atoms with Gasteiger partial charge in [0.05, 0.1) is 5.56 Å². The summed E-state index contributed by atoms with van der Waals surface area (Å²) in [5, 5.41) is 18.1. The van der Waals surface area contributed by atoms with Gasteiger partial charge in [-0.2, -0.15) is 5.26 Å². The zero-order chi connectivity index (χ0) is 15.4. The van der Waals surface area contributed by atoms with Gasteiger partial charge in [-0.15, -0.1) is 0 Å². The predicted molar refractivity (Wildman–Crippen MR) is 73.9 cm³/mol. The van der Waals surface area contributed by atoms with Gasteiger partial charge in [-0.3, -0.25) is 0 Å². The van der Waals surface area contributed by atoms with Gasteiger partial charge in [0.15, 0.2) is 0 Å². The van der Waals surface area contributed by atoms with Crippen molar-refractivity contribution in [1.29, 1.82) is 5.26 Å². The number of ether oxygens (including phenoxy) is 1. The van der Waals surface area contributed by atoms with Crippen molar-refractivity contribution in [3.05, 3.63) is 63.9 Å². The third-order valence-corrected chi connectivity index (χ3v) is 2.99. The number of nitrogens with zero attached hydrogens (tertiary/aromatic N) is 1. The predicted octanol–water partition coefficient (Wildman–Crippen LogP) is 3.63. The largest absolute Gasteiger partial charge is 0.488 e. The minimum atomic E-state index is -1.20. The molecule has 6 heteroatoms. The van der Waals surface area contributed by atoms with Crippen LogP contribution >= 0.6 is 11.6 Å². The first-order valence-electron chi connectivity index (χ1n) is 5.86. The smallest absolute Gasteiger partial charge is 0.339 e. The molecule has 2 aromatic carbocycles. The molecule has 4 nitrogen and oxygen atoms in total. The zero-order valence-electron chi connectivity index (χ0n) is 10.6. The van der Waals surface area contributed by atoms with Crippen LogP contribution in [0.4, 0.5) is 4.39 Å². The Bertz CT molecular complexity index is 740. The van der Waals surface area contributed by atoms with E-state index in [0.717, 1.165) is 0 Å². The summed E-state index contributed by atoms with van der Waals surface area (Å²) in [7, 11) is 0. The summed E-state index contributed by atoms with van der Waals surface area (Å²) < 4.78 is 19.2. The average Bonchev–Trinajstić information content (AvgIpc) is 2.47. The van der Waals surface area contributed by atoms with Crippen LogP contribution in [-0.2, 0) is 6.61 Å². The van der Waals surface area contributed by atoms with E-state index in [-0.39, 0.29) is 34.1 Å². The first-order valence-corrected chi connectivity index (χ1v) is 6.24. The molecule has 0 aliphatic carbocycles. The quantitative estimate of drug-likeness (QED) is 0.936. The molecule has 0 saturated heterocycles. The van der Waals surface area contributed by atoms with Gasteiger partial charge in [0.25, 0.3) is 0 Å². The lowest BCUT2D eigenvalue weighted by atomic mass is 10.1. The van der Waals surface area contributed by atoms with Crippen LogP contribution in [0.1, 0.15) is 21.5 Å². The summed E-state index contributed by atoms with van der Waals surface area (Å²) in [4.78, 5) is 11.1. The van der Waals surface area contributed by atoms with E-state index in [1.807, 2.05) is 0 Å². The van der Waals surface area contributed by atoms with Gasteiger partial charge in [0, 0.05) is 10.6 Å². The van der Waals surface area contributed by atoms with E-state index in [0.29, 0.717) is 0 Å². The van der Waals surface area contributed by atoms with Crippen molar-refractivity contribution >= 4 is 17.6 Å².